The maximum absolute atomic E-state index is 12.0. The summed E-state index contributed by atoms with van der Waals surface area (Å²) in [6.07, 6.45) is -0.403. The average Bonchev–Trinajstić information content (AvgIpc) is 2.66. The van der Waals surface area contributed by atoms with Crippen LogP contribution in [0.15, 0.2) is 48.5 Å². The summed E-state index contributed by atoms with van der Waals surface area (Å²) >= 11 is 5.88. The monoisotopic (exact) mass is 419 g/mol. The number of nitrogens with one attached hydrogen (secondary N) is 1. The van der Waals surface area contributed by atoms with E-state index in [2.05, 4.69) is 5.32 Å². The first kappa shape index (κ1) is 22.6. The van der Waals surface area contributed by atoms with Gasteiger partial charge < -0.3 is 19.5 Å². The summed E-state index contributed by atoms with van der Waals surface area (Å²) in [5.74, 6) is 0.150. The van der Waals surface area contributed by atoms with Crippen molar-refractivity contribution in [1.82, 2.24) is 5.32 Å². The topological polar surface area (TPSA) is 73.9 Å². The second-order valence-corrected chi connectivity index (χ2v) is 7.92. The fourth-order valence-electron chi connectivity index (χ4n) is 2.49. The van der Waals surface area contributed by atoms with Crippen LogP contribution in [-0.4, -0.2) is 30.8 Å². The Morgan fingerprint density at radius 2 is 1.59 bits per heavy atom. The van der Waals surface area contributed by atoms with Gasteiger partial charge in [-0.25, -0.2) is 9.59 Å². The highest BCUT2D eigenvalue weighted by molar-refractivity contribution is 6.30. The highest BCUT2D eigenvalue weighted by Gasteiger charge is 2.25. The van der Waals surface area contributed by atoms with E-state index in [0.717, 1.165) is 11.1 Å². The van der Waals surface area contributed by atoms with Gasteiger partial charge in [0.1, 0.15) is 24.0 Å². The number of methoxy groups -OCH3 is 1. The molecule has 1 unspecified atom stereocenters. The van der Waals surface area contributed by atoms with Gasteiger partial charge in [0.05, 0.1) is 7.11 Å². The molecule has 156 valence electrons. The fourth-order valence-corrected chi connectivity index (χ4v) is 2.62. The van der Waals surface area contributed by atoms with Crippen LogP contribution in [0, 0.1) is 0 Å². The van der Waals surface area contributed by atoms with E-state index in [1.165, 1.54) is 7.11 Å². The molecule has 0 fully saturated rings. The largest absolute Gasteiger partial charge is 0.489 e. The third kappa shape index (κ3) is 8.03. The quantitative estimate of drug-likeness (QED) is 0.667. The van der Waals surface area contributed by atoms with E-state index in [-0.39, 0.29) is 6.42 Å². The second-order valence-electron chi connectivity index (χ2n) is 7.49. The molecule has 1 amide bonds. The minimum absolute atomic E-state index is 0.267. The lowest BCUT2D eigenvalue weighted by molar-refractivity contribution is -0.143. The molecule has 6 nitrogen and oxygen atoms in total. The number of hydrogen-bond acceptors (Lipinski definition) is 5. The Hall–Kier alpha value is -2.73. The van der Waals surface area contributed by atoms with E-state index in [4.69, 9.17) is 25.8 Å². The molecule has 0 heterocycles. The van der Waals surface area contributed by atoms with Gasteiger partial charge in [0.25, 0.3) is 0 Å². The number of ether oxygens (including phenoxy) is 3. The van der Waals surface area contributed by atoms with Crippen molar-refractivity contribution in [2.45, 2.75) is 45.4 Å². The van der Waals surface area contributed by atoms with Gasteiger partial charge in [-0.15, -0.1) is 0 Å². The highest BCUT2D eigenvalue weighted by Crippen LogP contribution is 2.17. The molecular formula is C22H26ClNO5. The van der Waals surface area contributed by atoms with Crippen LogP contribution >= 0.6 is 11.6 Å². The Kier molecular flexibility index (Phi) is 7.91. The van der Waals surface area contributed by atoms with Crippen molar-refractivity contribution in [2.75, 3.05) is 7.11 Å². The van der Waals surface area contributed by atoms with Crippen LogP contribution in [0.25, 0.3) is 0 Å². The molecule has 0 aliphatic carbocycles. The van der Waals surface area contributed by atoms with E-state index in [9.17, 15) is 9.59 Å². The minimum Gasteiger partial charge on any atom is -0.489 e. The first-order chi connectivity index (χ1) is 13.7. The van der Waals surface area contributed by atoms with E-state index in [0.29, 0.717) is 17.4 Å². The van der Waals surface area contributed by atoms with Gasteiger partial charge in [-0.05, 0) is 56.2 Å². The molecule has 2 aromatic carbocycles. The minimum atomic E-state index is -0.851. The molecule has 0 aliphatic rings. The zero-order chi connectivity index (χ0) is 21.4. The molecule has 2 aromatic rings. The predicted molar refractivity (Wildman–Crippen MR) is 111 cm³/mol. The number of hydrogen-bond donors (Lipinski definition) is 1. The summed E-state index contributed by atoms with van der Waals surface area (Å²) < 4.78 is 15.8. The van der Waals surface area contributed by atoms with Gasteiger partial charge in [0.2, 0.25) is 0 Å². The SMILES string of the molecule is COC(=O)C(Cc1ccc(OCc2ccc(Cl)cc2)cc1)NC(=O)OC(C)(C)C. The second kappa shape index (κ2) is 10.2. The number of carbonyl (C=O) groups excluding carboxylic acids is 2. The smallest absolute Gasteiger partial charge is 0.408 e. The molecular weight excluding hydrogens is 394 g/mol. The molecule has 1 N–H and O–H groups in total. The maximum atomic E-state index is 12.0. The zero-order valence-corrected chi connectivity index (χ0v) is 17.8. The molecule has 0 radical (unpaired) electrons. The third-order valence-electron chi connectivity index (χ3n) is 3.86. The van der Waals surface area contributed by atoms with Crippen molar-refractivity contribution in [2.24, 2.45) is 0 Å². The van der Waals surface area contributed by atoms with Crippen LogP contribution in [0.1, 0.15) is 31.9 Å². The highest BCUT2D eigenvalue weighted by atomic mass is 35.5. The summed E-state index contributed by atoms with van der Waals surface area (Å²) in [7, 11) is 1.28. The van der Waals surface area contributed by atoms with Crippen molar-refractivity contribution in [3.8, 4) is 5.75 Å². The summed E-state index contributed by atoms with van der Waals surface area (Å²) in [6, 6.07) is 13.9. The zero-order valence-electron chi connectivity index (χ0n) is 17.0. The molecule has 0 saturated heterocycles. The summed E-state index contributed by atoms with van der Waals surface area (Å²) in [4.78, 5) is 24.0. The number of benzene rings is 2. The number of esters is 1. The first-order valence-electron chi connectivity index (χ1n) is 9.20. The maximum Gasteiger partial charge on any atom is 0.408 e. The van der Waals surface area contributed by atoms with Gasteiger partial charge in [-0.1, -0.05) is 35.9 Å². The molecule has 29 heavy (non-hydrogen) atoms. The predicted octanol–water partition coefficient (Wildman–Crippen LogP) is 4.53. The van der Waals surface area contributed by atoms with E-state index >= 15 is 0 Å². The third-order valence-corrected chi connectivity index (χ3v) is 4.11. The standard InChI is InChI=1S/C22H26ClNO5/c1-22(2,3)29-21(26)24-19(20(25)27-4)13-15-7-11-18(12-8-15)28-14-16-5-9-17(23)10-6-16/h5-12,19H,13-14H2,1-4H3,(H,24,26). The van der Waals surface area contributed by atoms with E-state index < -0.39 is 23.7 Å². The fraction of sp³-hybridized carbons (Fsp3) is 0.364. The van der Waals surface area contributed by atoms with Crippen molar-refractivity contribution < 1.29 is 23.8 Å². The summed E-state index contributed by atoms with van der Waals surface area (Å²) in [5.41, 5.74) is 1.19. The Labute approximate surface area is 176 Å². The van der Waals surface area contributed by atoms with Crippen LogP contribution in [0.5, 0.6) is 5.75 Å². The number of halogens is 1. The van der Waals surface area contributed by atoms with Crippen LogP contribution in [0.2, 0.25) is 5.02 Å². The Morgan fingerprint density at radius 1 is 1.00 bits per heavy atom. The molecule has 0 aromatic heterocycles. The van der Waals surface area contributed by atoms with E-state index in [1.54, 1.807) is 20.8 Å². The lowest BCUT2D eigenvalue weighted by Crippen LogP contribution is -2.45. The van der Waals surface area contributed by atoms with Crippen molar-refractivity contribution in [3.63, 3.8) is 0 Å². The van der Waals surface area contributed by atoms with Crippen molar-refractivity contribution in [1.29, 1.82) is 0 Å². The lowest BCUT2D eigenvalue weighted by Gasteiger charge is -2.22. The molecule has 0 aliphatic heterocycles. The first-order valence-corrected chi connectivity index (χ1v) is 9.57. The molecule has 2 rings (SSSR count). The normalized spacial score (nSPS) is 12.0. The molecule has 0 bridgehead atoms. The van der Waals surface area contributed by atoms with Crippen LogP contribution < -0.4 is 10.1 Å². The summed E-state index contributed by atoms with van der Waals surface area (Å²) in [5, 5.41) is 3.24. The number of rotatable bonds is 7. The van der Waals surface area contributed by atoms with Crippen molar-refractivity contribution >= 4 is 23.7 Å². The van der Waals surface area contributed by atoms with E-state index in [1.807, 2.05) is 48.5 Å². The van der Waals surface area contributed by atoms with Crippen molar-refractivity contribution in [3.05, 3.63) is 64.7 Å². The number of alkyl carbamates (subject to hydrolysis) is 1. The Morgan fingerprint density at radius 3 is 2.14 bits per heavy atom. The van der Waals surface area contributed by atoms with Crippen LogP contribution in [0.4, 0.5) is 4.79 Å². The molecule has 1 atom stereocenters. The Bertz CT molecular complexity index is 813. The van der Waals surface area contributed by atoms with Gasteiger partial charge in [-0.3, -0.25) is 0 Å². The number of carbonyl (C=O) groups is 2. The van der Waals surface area contributed by atoms with Gasteiger partial charge in [-0.2, -0.15) is 0 Å². The molecule has 0 spiro atoms. The van der Waals surface area contributed by atoms with Gasteiger partial charge >= 0.3 is 12.1 Å². The average molecular weight is 420 g/mol. The lowest BCUT2D eigenvalue weighted by atomic mass is 10.1. The molecule has 0 saturated carbocycles. The Balaban J connectivity index is 1.95. The van der Waals surface area contributed by atoms with Gasteiger partial charge in [0, 0.05) is 11.4 Å². The summed E-state index contributed by atoms with van der Waals surface area (Å²) in [6.45, 7) is 5.68. The molecule has 7 heteroatoms. The number of amides is 1. The van der Waals surface area contributed by atoms with Gasteiger partial charge in [0.15, 0.2) is 0 Å². The van der Waals surface area contributed by atoms with Crippen LogP contribution in [-0.2, 0) is 27.3 Å². The van der Waals surface area contributed by atoms with Crippen LogP contribution in [0.3, 0.4) is 0 Å².